The summed E-state index contributed by atoms with van der Waals surface area (Å²) in [6.07, 6.45) is 1.26. The van der Waals surface area contributed by atoms with Crippen molar-refractivity contribution in [2.45, 2.75) is 24.7 Å². The fourth-order valence-corrected chi connectivity index (χ4v) is 2.18. The van der Waals surface area contributed by atoms with Gasteiger partial charge in [-0.15, -0.1) is 0 Å². The van der Waals surface area contributed by atoms with Gasteiger partial charge in [0.05, 0.1) is 11.0 Å². The largest absolute Gasteiger partial charge is 0.481 e. The van der Waals surface area contributed by atoms with Crippen LogP contribution in [0.25, 0.3) is 0 Å². The molecule has 0 bridgehead atoms. The average molecular weight is 256 g/mol. The molecule has 0 amide bonds. The minimum Gasteiger partial charge on any atom is -0.481 e. The number of hydrogen-bond donors (Lipinski definition) is 2. The zero-order valence-corrected chi connectivity index (χ0v) is 9.24. The molecule has 18 heavy (non-hydrogen) atoms. The topological polar surface area (TPSA) is 74.6 Å². The van der Waals surface area contributed by atoms with Crippen molar-refractivity contribution in [3.63, 3.8) is 0 Å². The van der Waals surface area contributed by atoms with Gasteiger partial charge in [0.2, 0.25) is 0 Å². The van der Waals surface area contributed by atoms with Crippen LogP contribution >= 0.6 is 0 Å². The van der Waals surface area contributed by atoms with Gasteiger partial charge >= 0.3 is 11.9 Å². The summed E-state index contributed by atoms with van der Waals surface area (Å²) >= 11 is 0. The van der Waals surface area contributed by atoms with Gasteiger partial charge in [-0.25, -0.2) is 13.6 Å². The Kier molecular flexibility index (Phi) is 2.80. The maximum absolute atomic E-state index is 13.3. The number of halogens is 2. The summed E-state index contributed by atoms with van der Waals surface area (Å²) in [6.45, 7) is 0. The zero-order valence-electron chi connectivity index (χ0n) is 9.24. The van der Waals surface area contributed by atoms with E-state index in [9.17, 15) is 18.4 Å². The van der Waals surface area contributed by atoms with Gasteiger partial charge in [-0.3, -0.25) is 4.79 Å². The highest BCUT2D eigenvalue weighted by atomic mass is 19.2. The van der Waals surface area contributed by atoms with Crippen LogP contribution in [0.2, 0.25) is 0 Å². The van der Waals surface area contributed by atoms with E-state index in [-0.39, 0.29) is 5.56 Å². The molecular weight excluding hydrogens is 246 g/mol. The number of carboxylic acids is 2. The molecule has 1 aromatic rings. The summed E-state index contributed by atoms with van der Waals surface area (Å²) in [5.41, 5.74) is -2.10. The van der Waals surface area contributed by atoms with Crippen LogP contribution in [-0.2, 0) is 10.2 Å². The smallest absolute Gasteiger partial charge is 0.338 e. The van der Waals surface area contributed by atoms with Crippen molar-refractivity contribution < 1.29 is 28.6 Å². The second kappa shape index (κ2) is 4.04. The second-order valence-electron chi connectivity index (χ2n) is 4.37. The minimum absolute atomic E-state index is 0.0116. The van der Waals surface area contributed by atoms with Gasteiger partial charge in [0.1, 0.15) is 0 Å². The molecule has 1 fully saturated rings. The first-order valence-corrected chi connectivity index (χ1v) is 5.35. The lowest BCUT2D eigenvalue weighted by molar-refractivity contribution is -0.147. The molecule has 6 heteroatoms. The zero-order chi connectivity index (χ0) is 13.5. The van der Waals surface area contributed by atoms with Crippen LogP contribution in [0.1, 0.15) is 35.2 Å². The third-order valence-corrected chi connectivity index (χ3v) is 3.43. The average Bonchev–Trinajstić information content (AvgIpc) is 2.20. The Hall–Kier alpha value is -1.98. The third-order valence-electron chi connectivity index (χ3n) is 3.43. The minimum atomic E-state index is -1.62. The van der Waals surface area contributed by atoms with E-state index in [1.165, 1.54) is 0 Å². The van der Waals surface area contributed by atoms with Crippen molar-refractivity contribution in [1.82, 2.24) is 0 Å². The monoisotopic (exact) mass is 256 g/mol. The van der Waals surface area contributed by atoms with Crippen molar-refractivity contribution in [3.05, 3.63) is 34.9 Å². The van der Waals surface area contributed by atoms with Gasteiger partial charge in [-0.05, 0) is 30.5 Å². The highest BCUT2D eigenvalue weighted by Crippen LogP contribution is 2.44. The molecule has 1 saturated carbocycles. The van der Waals surface area contributed by atoms with Crippen LogP contribution in [0.4, 0.5) is 8.78 Å². The molecule has 0 aromatic heterocycles. The summed E-state index contributed by atoms with van der Waals surface area (Å²) in [4.78, 5) is 22.0. The van der Waals surface area contributed by atoms with Crippen LogP contribution in [0, 0.1) is 11.6 Å². The SMILES string of the molecule is O=C(O)c1cc(C2(C(=O)O)CCC2)cc(F)c1F. The van der Waals surface area contributed by atoms with Crippen LogP contribution in [0.3, 0.4) is 0 Å². The Bertz CT molecular complexity index is 535. The van der Waals surface area contributed by atoms with Gasteiger partial charge in [0.25, 0.3) is 0 Å². The first-order chi connectivity index (χ1) is 8.38. The van der Waals surface area contributed by atoms with E-state index in [2.05, 4.69) is 0 Å². The molecule has 0 unspecified atom stereocenters. The van der Waals surface area contributed by atoms with E-state index < -0.39 is 34.6 Å². The molecular formula is C12H10F2O4. The molecule has 4 nitrogen and oxygen atoms in total. The number of aromatic carboxylic acids is 1. The number of aliphatic carboxylic acids is 1. The molecule has 1 aliphatic rings. The van der Waals surface area contributed by atoms with E-state index in [0.717, 1.165) is 12.1 Å². The van der Waals surface area contributed by atoms with Crippen molar-refractivity contribution in [1.29, 1.82) is 0 Å². The maximum Gasteiger partial charge on any atom is 0.338 e. The summed E-state index contributed by atoms with van der Waals surface area (Å²) in [5.74, 6) is -5.56. The van der Waals surface area contributed by atoms with Crippen molar-refractivity contribution in [2.24, 2.45) is 0 Å². The fraction of sp³-hybridized carbons (Fsp3) is 0.333. The molecule has 0 saturated heterocycles. The molecule has 0 radical (unpaired) electrons. The number of hydrogen-bond acceptors (Lipinski definition) is 2. The molecule has 1 aromatic carbocycles. The number of benzene rings is 1. The molecule has 96 valence electrons. The highest BCUT2D eigenvalue weighted by molar-refractivity contribution is 5.89. The number of rotatable bonds is 3. The lowest BCUT2D eigenvalue weighted by Crippen LogP contribution is -2.42. The molecule has 0 spiro atoms. The molecule has 0 atom stereocenters. The number of carbonyl (C=O) groups is 2. The molecule has 0 aliphatic heterocycles. The summed E-state index contributed by atoms with van der Waals surface area (Å²) in [5, 5.41) is 17.9. The van der Waals surface area contributed by atoms with E-state index in [4.69, 9.17) is 10.2 Å². The van der Waals surface area contributed by atoms with Crippen LogP contribution in [0.5, 0.6) is 0 Å². The number of carboxylic acid groups (broad SMARTS) is 2. The predicted molar refractivity (Wildman–Crippen MR) is 56.5 cm³/mol. The van der Waals surface area contributed by atoms with Gasteiger partial charge in [-0.2, -0.15) is 0 Å². The first-order valence-electron chi connectivity index (χ1n) is 5.35. The Morgan fingerprint density at radius 1 is 1.17 bits per heavy atom. The molecule has 2 rings (SSSR count). The summed E-state index contributed by atoms with van der Waals surface area (Å²) in [6, 6.07) is 1.68. The van der Waals surface area contributed by atoms with Crippen molar-refractivity contribution in [2.75, 3.05) is 0 Å². The lowest BCUT2D eigenvalue weighted by Gasteiger charge is -2.38. The van der Waals surface area contributed by atoms with E-state index in [0.29, 0.717) is 19.3 Å². The Labute approximate surface area is 101 Å². The summed E-state index contributed by atoms with van der Waals surface area (Å²) < 4.78 is 26.6. The Morgan fingerprint density at radius 2 is 1.78 bits per heavy atom. The van der Waals surface area contributed by atoms with Crippen molar-refractivity contribution >= 4 is 11.9 Å². The predicted octanol–water partition coefficient (Wildman–Crippen LogP) is 2.17. The standard InChI is InChI=1S/C12H10F2O4/c13-8-5-6(4-7(9(8)14)10(15)16)12(11(17)18)2-1-3-12/h4-5H,1-3H2,(H,15,16)(H,17,18). The summed E-state index contributed by atoms with van der Waals surface area (Å²) in [7, 11) is 0. The van der Waals surface area contributed by atoms with Crippen LogP contribution < -0.4 is 0 Å². The normalized spacial score (nSPS) is 17.0. The van der Waals surface area contributed by atoms with Gasteiger partial charge in [0, 0.05) is 0 Å². The van der Waals surface area contributed by atoms with E-state index >= 15 is 0 Å². The second-order valence-corrected chi connectivity index (χ2v) is 4.37. The van der Waals surface area contributed by atoms with Gasteiger partial charge < -0.3 is 10.2 Å². The lowest BCUT2D eigenvalue weighted by atomic mass is 9.64. The maximum atomic E-state index is 13.3. The Morgan fingerprint density at radius 3 is 2.17 bits per heavy atom. The van der Waals surface area contributed by atoms with Crippen LogP contribution in [0.15, 0.2) is 12.1 Å². The third kappa shape index (κ3) is 1.64. The van der Waals surface area contributed by atoms with Crippen molar-refractivity contribution in [3.8, 4) is 0 Å². The Balaban J connectivity index is 2.59. The van der Waals surface area contributed by atoms with Gasteiger partial charge in [0.15, 0.2) is 11.6 Å². The van der Waals surface area contributed by atoms with E-state index in [1.807, 2.05) is 0 Å². The highest BCUT2D eigenvalue weighted by Gasteiger charge is 2.46. The van der Waals surface area contributed by atoms with Gasteiger partial charge in [-0.1, -0.05) is 6.42 Å². The molecule has 2 N–H and O–H groups in total. The van der Waals surface area contributed by atoms with Crippen LogP contribution in [-0.4, -0.2) is 22.2 Å². The van der Waals surface area contributed by atoms with E-state index in [1.54, 1.807) is 0 Å². The first kappa shape index (κ1) is 12.5. The quantitative estimate of drug-likeness (QED) is 0.869. The fourth-order valence-electron chi connectivity index (χ4n) is 2.18. The molecule has 1 aliphatic carbocycles. The molecule has 0 heterocycles.